The first-order chi connectivity index (χ1) is 13.1. The lowest BCUT2D eigenvalue weighted by Crippen LogP contribution is -2.24. The number of carbonyl (C=O) groups is 2. The third-order valence-electron chi connectivity index (χ3n) is 5.10. The van der Waals surface area contributed by atoms with Gasteiger partial charge in [0.15, 0.2) is 5.65 Å². The summed E-state index contributed by atoms with van der Waals surface area (Å²) in [5.41, 5.74) is 2.44. The number of aromatic nitrogens is 3. The van der Waals surface area contributed by atoms with Crippen molar-refractivity contribution in [2.45, 2.75) is 32.1 Å². The van der Waals surface area contributed by atoms with Crippen LogP contribution in [0.4, 0.5) is 5.82 Å². The monoisotopic (exact) mass is 364 g/mol. The molecule has 27 heavy (non-hydrogen) atoms. The number of rotatable bonds is 4. The predicted octanol–water partition coefficient (Wildman–Crippen LogP) is 3.84. The van der Waals surface area contributed by atoms with E-state index in [-0.39, 0.29) is 17.4 Å². The summed E-state index contributed by atoms with van der Waals surface area (Å²) in [6.45, 7) is 0. The van der Waals surface area contributed by atoms with Gasteiger partial charge in [0.05, 0.1) is 10.9 Å². The first-order valence-corrected chi connectivity index (χ1v) is 9.10. The molecule has 0 bridgehead atoms. The lowest BCUT2D eigenvalue weighted by atomic mass is 9.89. The third-order valence-corrected chi connectivity index (χ3v) is 5.10. The number of fused-ring (bicyclic) bond motifs is 1. The molecule has 0 atom stereocenters. The van der Waals surface area contributed by atoms with Crippen molar-refractivity contribution in [2.75, 3.05) is 5.32 Å². The summed E-state index contributed by atoms with van der Waals surface area (Å²) in [7, 11) is 0. The number of carbonyl (C=O) groups excluding carboxylic acids is 1. The van der Waals surface area contributed by atoms with Gasteiger partial charge in [0.25, 0.3) is 0 Å². The summed E-state index contributed by atoms with van der Waals surface area (Å²) in [6.07, 6.45) is 6.94. The fraction of sp³-hybridized carbons (Fsp3) is 0.300. The van der Waals surface area contributed by atoms with Crippen LogP contribution in [0.5, 0.6) is 0 Å². The van der Waals surface area contributed by atoms with Crippen LogP contribution in [0, 0.1) is 5.92 Å². The smallest absolute Gasteiger partial charge is 0.335 e. The van der Waals surface area contributed by atoms with Crippen LogP contribution in [-0.4, -0.2) is 32.2 Å². The molecule has 1 fully saturated rings. The number of nitrogens with one attached hydrogen (secondary N) is 2. The van der Waals surface area contributed by atoms with Gasteiger partial charge in [-0.15, -0.1) is 0 Å². The van der Waals surface area contributed by atoms with Crippen molar-refractivity contribution in [3.8, 4) is 11.1 Å². The number of nitrogens with zero attached hydrogens (tertiary/aromatic N) is 2. The minimum absolute atomic E-state index is 0.0245. The number of carboxylic acid groups (broad SMARTS) is 1. The first-order valence-electron chi connectivity index (χ1n) is 9.10. The highest BCUT2D eigenvalue weighted by atomic mass is 16.4. The van der Waals surface area contributed by atoms with Gasteiger partial charge in [0.2, 0.25) is 5.91 Å². The number of aromatic carboxylic acids is 1. The maximum Gasteiger partial charge on any atom is 0.335 e. The van der Waals surface area contributed by atoms with Crippen LogP contribution in [0.1, 0.15) is 42.5 Å². The maximum absolute atomic E-state index is 12.5. The zero-order valence-electron chi connectivity index (χ0n) is 14.7. The van der Waals surface area contributed by atoms with E-state index in [1.165, 1.54) is 6.42 Å². The van der Waals surface area contributed by atoms with Crippen molar-refractivity contribution >= 4 is 28.7 Å². The van der Waals surface area contributed by atoms with E-state index in [1.54, 1.807) is 30.5 Å². The molecule has 4 rings (SSSR count). The van der Waals surface area contributed by atoms with Crippen LogP contribution in [0.3, 0.4) is 0 Å². The molecule has 0 radical (unpaired) electrons. The Morgan fingerprint density at radius 2 is 1.81 bits per heavy atom. The highest BCUT2D eigenvalue weighted by Gasteiger charge is 2.22. The van der Waals surface area contributed by atoms with Crippen LogP contribution in [-0.2, 0) is 4.79 Å². The van der Waals surface area contributed by atoms with Gasteiger partial charge in [-0.2, -0.15) is 5.10 Å². The van der Waals surface area contributed by atoms with Crippen molar-refractivity contribution in [3.05, 3.63) is 42.1 Å². The average Bonchev–Trinajstić information content (AvgIpc) is 3.10. The molecule has 1 amide bonds. The molecule has 0 aliphatic heterocycles. The standard InChI is InChI=1S/C20H20N4O3/c25-19(13-4-2-1-3-5-13)22-18-16-10-15(11-21-17(16)23-24-18)12-6-8-14(9-7-12)20(26)27/h6-11,13H,1-5H2,(H,26,27)(H2,21,22,23,24,25). The third kappa shape index (κ3) is 3.53. The van der Waals surface area contributed by atoms with Crippen LogP contribution in [0.25, 0.3) is 22.2 Å². The van der Waals surface area contributed by atoms with Crippen molar-refractivity contribution in [3.63, 3.8) is 0 Å². The lowest BCUT2D eigenvalue weighted by molar-refractivity contribution is -0.120. The van der Waals surface area contributed by atoms with Gasteiger partial charge in [-0.25, -0.2) is 9.78 Å². The molecular formula is C20H20N4O3. The molecule has 138 valence electrons. The second-order valence-corrected chi connectivity index (χ2v) is 6.90. The Hall–Kier alpha value is -3.22. The quantitative estimate of drug-likeness (QED) is 0.652. The number of H-pyrrole nitrogens is 1. The Labute approximate surface area is 155 Å². The fourth-order valence-electron chi connectivity index (χ4n) is 3.55. The molecule has 3 aromatic rings. The average molecular weight is 364 g/mol. The van der Waals surface area contributed by atoms with Crippen molar-refractivity contribution < 1.29 is 14.7 Å². The van der Waals surface area contributed by atoms with Gasteiger partial charge in [-0.3, -0.25) is 9.89 Å². The molecule has 2 heterocycles. The summed E-state index contributed by atoms with van der Waals surface area (Å²) in [4.78, 5) is 27.9. The van der Waals surface area contributed by atoms with E-state index in [2.05, 4.69) is 20.5 Å². The van der Waals surface area contributed by atoms with Crippen LogP contribution < -0.4 is 5.32 Å². The van der Waals surface area contributed by atoms with E-state index < -0.39 is 5.97 Å². The first kappa shape index (κ1) is 17.2. The number of carboxylic acids is 1. The molecule has 7 nitrogen and oxygen atoms in total. The molecular weight excluding hydrogens is 344 g/mol. The molecule has 0 unspecified atom stereocenters. The number of anilines is 1. The Balaban J connectivity index is 1.60. The highest BCUT2D eigenvalue weighted by Crippen LogP contribution is 2.28. The fourth-order valence-corrected chi connectivity index (χ4v) is 3.55. The van der Waals surface area contributed by atoms with Gasteiger partial charge in [0, 0.05) is 17.7 Å². The molecule has 1 aliphatic carbocycles. The summed E-state index contributed by atoms with van der Waals surface area (Å²) in [6, 6.07) is 8.50. The van der Waals surface area contributed by atoms with E-state index in [0.29, 0.717) is 11.5 Å². The number of benzene rings is 1. The summed E-state index contributed by atoms with van der Waals surface area (Å²) >= 11 is 0. The number of pyridine rings is 1. The minimum atomic E-state index is -0.960. The number of hydrogen-bond donors (Lipinski definition) is 3. The van der Waals surface area contributed by atoms with E-state index in [1.807, 2.05) is 6.07 Å². The van der Waals surface area contributed by atoms with Crippen LogP contribution in [0.15, 0.2) is 36.5 Å². The van der Waals surface area contributed by atoms with E-state index in [4.69, 9.17) is 5.11 Å². The highest BCUT2D eigenvalue weighted by molar-refractivity contribution is 6.00. The van der Waals surface area contributed by atoms with Crippen LogP contribution >= 0.6 is 0 Å². The van der Waals surface area contributed by atoms with E-state index in [9.17, 15) is 9.59 Å². The Bertz CT molecular complexity index is 988. The van der Waals surface area contributed by atoms with E-state index >= 15 is 0 Å². The van der Waals surface area contributed by atoms with Crippen LogP contribution in [0.2, 0.25) is 0 Å². The normalized spacial score (nSPS) is 15.0. The van der Waals surface area contributed by atoms with E-state index in [0.717, 1.165) is 42.2 Å². The maximum atomic E-state index is 12.5. The van der Waals surface area contributed by atoms with Gasteiger partial charge < -0.3 is 10.4 Å². The topological polar surface area (TPSA) is 108 Å². The summed E-state index contributed by atoms with van der Waals surface area (Å²) < 4.78 is 0. The molecule has 1 aromatic carbocycles. The van der Waals surface area contributed by atoms with Gasteiger partial charge >= 0.3 is 5.97 Å². The van der Waals surface area contributed by atoms with Gasteiger partial charge in [-0.1, -0.05) is 31.4 Å². The number of aromatic amines is 1. The zero-order valence-corrected chi connectivity index (χ0v) is 14.7. The summed E-state index contributed by atoms with van der Waals surface area (Å²) in [5.74, 6) is -0.331. The summed E-state index contributed by atoms with van der Waals surface area (Å²) in [5, 5.41) is 19.7. The molecule has 1 saturated carbocycles. The zero-order chi connectivity index (χ0) is 18.8. The molecule has 7 heteroatoms. The molecule has 3 N–H and O–H groups in total. The second-order valence-electron chi connectivity index (χ2n) is 6.90. The predicted molar refractivity (Wildman–Crippen MR) is 101 cm³/mol. The SMILES string of the molecule is O=C(O)c1ccc(-c2cnc3n[nH]c(NC(=O)C4CCCCC4)c3c2)cc1. The van der Waals surface area contributed by atoms with Crippen molar-refractivity contribution in [1.82, 2.24) is 15.2 Å². The van der Waals surface area contributed by atoms with Crippen molar-refractivity contribution in [2.24, 2.45) is 5.92 Å². The Kier molecular flexibility index (Phi) is 4.58. The largest absolute Gasteiger partial charge is 0.478 e. The Morgan fingerprint density at radius 3 is 2.52 bits per heavy atom. The number of amides is 1. The van der Waals surface area contributed by atoms with Crippen molar-refractivity contribution in [1.29, 1.82) is 0 Å². The lowest BCUT2D eigenvalue weighted by Gasteiger charge is -2.20. The second kappa shape index (κ2) is 7.19. The van der Waals surface area contributed by atoms with Gasteiger partial charge in [-0.05, 0) is 36.6 Å². The van der Waals surface area contributed by atoms with Gasteiger partial charge in [0.1, 0.15) is 5.82 Å². The Morgan fingerprint density at radius 1 is 1.07 bits per heavy atom. The molecule has 2 aromatic heterocycles. The minimum Gasteiger partial charge on any atom is -0.478 e. The molecule has 0 spiro atoms. The molecule has 0 saturated heterocycles. The molecule has 1 aliphatic rings. The number of hydrogen-bond acceptors (Lipinski definition) is 4.